The number of benzene rings is 3. The number of fused-ring (bicyclic) bond motifs is 1. The number of rotatable bonds is 7. The van der Waals surface area contributed by atoms with Crippen molar-refractivity contribution in [2.75, 3.05) is 13.1 Å². The fourth-order valence-corrected chi connectivity index (χ4v) is 7.57. The lowest BCUT2D eigenvalue weighted by Crippen LogP contribution is -2.77. The second-order valence-corrected chi connectivity index (χ2v) is 13.7. The van der Waals surface area contributed by atoms with Gasteiger partial charge in [-0.3, -0.25) is 5.32 Å². The first-order chi connectivity index (χ1) is 18.7. The summed E-state index contributed by atoms with van der Waals surface area (Å²) in [6, 6.07) is 25.4. The van der Waals surface area contributed by atoms with Crippen LogP contribution in [0.3, 0.4) is 0 Å². The van der Waals surface area contributed by atoms with Gasteiger partial charge in [0.05, 0.1) is 4.90 Å². The lowest BCUT2D eigenvalue weighted by atomic mass is 9.60. The molecule has 3 atom stereocenters. The van der Waals surface area contributed by atoms with E-state index in [0.717, 1.165) is 60.6 Å². The molecule has 3 aromatic rings. The van der Waals surface area contributed by atoms with Crippen molar-refractivity contribution in [3.05, 3.63) is 107 Å². The number of nitrogens with two attached hydrogens (primary N) is 1. The number of quaternary nitrogens is 1. The zero-order valence-corrected chi connectivity index (χ0v) is 23.9. The van der Waals surface area contributed by atoms with Crippen LogP contribution in [0.4, 0.5) is 10.1 Å². The van der Waals surface area contributed by atoms with Gasteiger partial charge < -0.3 is 5.41 Å². The molecule has 4 nitrogen and oxygen atoms in total. The van der Waals surface area contributed by atoms with Crippen molar-refractivity contribution in [3.63, 3.8) is 0 Å². The van der Waals surface area contributed by atoms with Crippen molar-refractivity contribution in [3.8, 4) is 0 Å². The molecule has 3 unspecified atom stereocenters. The van der Waals surface area contributed by atoms with E-state index >= 15 is 0 Å². The predicted octanol–water partition coefficient (Wildman–Crippen LogP) is 6.29. The minimum Gasteiger partial charge on any atom is -0.308 e. The average molecular weight is 545 g/mol. The van der Waals surface area contributed by atoms with Crippen LogP contribution in [0.5, 0.6) is 0 Å². The van der Waals surface area contributed by atoms with Crippen LogP contribution >= 0.6 is 0 Å². The first-order valence-electron chi connectivity index (χ1n) is 13.8. The maximum Gasteiger partial charge on any atom is 0.134 e. The van der Waals surface area contributed by atoms with Crippen LogP contribution in [0.25, 0.3) is 0 Å². The van der Waals surface area contributed by atoms with Crippen LogP contribution in [0.1, 0.15) is 51.2 Å². The van der Waals surface area contributed by atoms with E-state index in [9.17, 15) is 8.60 Å². The summed E-state index contributed by atoms with van der Waals surface area (Å²) in [4.78, 5) is 0.847. The summed E-state index contributed by atoms with van der Waals surface area (Å²) in [5.41, 5.74) is 5.59. The molecule has 5 rings (SSSR count). The third-order valence-electron chi connectivity index (χ3n) is 8.45. The molecule has 0 spiro atoms. The summed E-state index contributed by atoms with van der Waals surface area (Å²) < 4.78 is 29.5. The van der Waals surface area contributed by atoms with Crippen molar-refractivity contribution in [2.24, 2.45) is 11.3 Å². The molecule has 1 heterocycles. The van der Waals surface area contributed by atoms with Gasteiger partial charge in [0, 0.05) is 43.4 Å². The summed E-state index contributed by atoms with van der Waals surface area (Å²) in [6.07, 6.45) is 4.97. The average Bonchev–Trinajstić information content (AvgIpc) is 2.93. The number of halogens is 1. The van der Waals surface area contributed by atoms with E-state index in [-0.39, 0.29) is 16.6 Å². The highest BCUT2D eigenvalue weighted by Crippen LogP contribution is 2.49. The Hall–Kier alpha value is -2.93. The highest BCUT2D eigenvalue weighted by Gasteiger charge is 2.49. The van der Waals surface area contributed by atoms with Gasteiger partial charge >= 0.3 is 0 Å². The molecule has 6 heteroatoms. The molecule has 0 radical (unpaired) electrons. The quantitative estimate of drug-likeness (QED) is 0.267. The third kappa shape index (κ3) is 6.13. The highest BCUT2D eigenvalue weighted by molar-refractivity contribution is 7.82. The van der Waals surface area contributed by atoms with Gasteiger partial charge in [0.1, 0.15) is 28.2 Å². The summed E-state index contributed by atoms with van der Waals surface area (Å²) in [5.74, 6) is 0.164. The van der Waals surface area contributed by atoms with Gasteiger partial charge in [-0.1, -0.05) is 63.2 Å². The van der Waals surface area contributed by atoms with Crippen molar-refractivity contribution < 1.29 is 13.9 Å². The maximum atomic E-state index is 13.9. The largest absolute Gasteiger partial charge is 0.308 e. The number of piperidine rings is 1. The number of hydrogen-bond acceptors (Lipinski definition) is 2. The molecule has 3 N–H and O–H groups in total. The Bertz CT molecular complexity index is 1360. The topological polar surface area (TPSA) is 60.8 Å². The number of hydrogen-bond donors (Lipinski definition) is 2. The van der Waals surface area contributed by atoms with Gasteiger partial charge in [-0.05, 0) is 71.4 Å². The summed E-state index contributed by atoms with van der Waals surface area (Å²) in [6.45, 7) is 8.07. The van der Waals surface area contributed by atoms with E-state index < -0.39 is 11.0 Å². The van der Waals surface area contributed by atoms with Crippen molar-refractivity contribution in [1.82, 2.24) is 4.31 Å². The fourth-order valence-electron chi connectivity index (χ4n) is 6.26. The van der Waals surface area contributed by atoms with Crippen LogP contribution in [0, 0.1) is 22.6 Å². The van der Waals surface area contributed by atoms with Crippen molar-refractivity contribution >= 4 is 22.9 Å². The molecule has 0 saturated carbocycles. The normalized spacial score (nSPS) is 22.8. The van der Waals surface area contributed by atoms with Gasteiger partial charge in [-0.25, -0.2) is 12.9 Å². The lowest BCUT2D eigenvalue weighted by molar-refractivity contribution is -0.523. The van der Waals surface area contributed by atoms with E-state index in [0.29, 0.717) is 5.92 Å². The van der Waals surface area contributed by atoms with Gasteiger partial charge in [-0.15, -0.1) is 0 Å². The standard InChI is InChI=1S/C33H38FN3OS/c1-32(2,3)26-9-15-30(16-10-26)39(38)37-18-17-27-19-31(36-29-13-11-28(34)12-14-29)25(22-35)21-33(27,23-37)20-24-7-5-4-6-8-24/h4-16,22,27,35-36H,17-21,23H2,1-3H3/p+1. The Morgan fingerprint density at radius 1 is 1.05 bits per heavy atom. The third-order valence-corrected chi connectivity index (χ3v) is 9.90. The van der Waals surface area contributed by atoms with Crippen LogP contribution in [0.15, 0.2) is 95.0 Å². The van der Waals surface area contributed by atoms with E-state index in [1.54, 1.807) is 12.1 Å². The molecule has 1 saturated heterocycles. The molecule has 1 aliphatic carbocycles. The molecule has 0 amide bonds. The van der Waals surface area contributed by atoms with E-state index in [2.05, 4.69) is 66.8 Å². The smallest absolute Gasteiger partial charge is 0.134 e. The van der Waals surface area contributed by atoms with E-state index in [1.807, 2.05) is 18.2 Å². The molecule has 3 aromatic carbocycles. The molecule has 1 fully saturated rings. The van der Waals surface area contributed by atoms with E-state index in [1.165, 1.54) is 29.5 Å². The van der Waals surface area contributed by atoms with Gasteiger partial charge in [0.25, 0.3) is 0 Å². The highest BCUT2D eigenvalue weighted by atomic mass is 32.2. The maximum absolute atomic E-state index is 13.9. The molecular formula is C33H39FN3OS+. The van der Waals surface area contributed by atoms with Crippen LogP contribution in [-0.4, -0.2) is 27.8 Å². The predicted molar refractivity (Wildman–Crippen MR) is 157 cm³/mol. The Morgan fingerprint density at radius 2 is 1.74 bits per heavy atom. The fraction of sp³-hybridized carbons (Fsp3) is 0.364. The van der Waals surface area contributed by atoms with Gasteiger partial charge in [0.15, 0.2) is 0 Å². The second kappa shape index (κ2) is 11.3. The first-order valence-corrected chi connectivity index (χ1v) is 14.9. The number of allylic oxidation sites excluding steroid dienone is 2. The molecule has 2 aliphatic rings. The SMILES string of the molecule is CC(C)(C)c1ccc(S(=O)N2CCC3CC([NH2+]c4ccc(F)cc4)=C(C=N)CC3(Cc3ccccc3)C2)cc1. The molecule has 204 valence electrons. The minimum absolute atomic E-state index is 0.0539. The zero-order chi connectivity index (χ0) is 27.6. The Labute approximate surface area is 234 Å². The molecule has 0 bridgehead atoms. The zero-order valence-electron chi connectivity index (χ0n) is 23.1. The van der Waals surface area contributed by atoms with Gasteiger partial charge in [0.2, 0.25) is 0 Å². The van der Waals surface area contributed by atoms with E-state index in [4.69, 9.17) is 5.41 Å². The minimum atomic E-state index is -1.24. The van der Waals surface area contributed by atoms with Crippen molar-refractivity contribution in [2.45, 2.75) is 56.8 Å². The Morgan fingerprint density at radius 3 is 2.38 bits per heavy atom. The monoisotopic (exact) mass is 544 g/mol. The molecule has 1 aliphatic heterocycles. The summed E-state index contributed by atoms with van der Waals surface area (Å²) in [5, 5.41) is 10.4. The summed E-state index contributed by atoms with van der Waals surface area (Å²) >= 11 is 0. The number of nitrogens with zero attached hydrogens (tertiary/aromatic N) is 1. The first kappa shape index (κ1) is 27.6. The second-order valence-electron chi connectivity index (χ2n) is 12.2. The Balaban J connectivity index is 1.45. The number of nitrogens with one attached hydrogen (secondary N) is 1. The van der Waals surface area contributed by atoms with Gasteiger partial charge in [-0.2, -0.15) is 0 Å². The van der Waals surface area contributed by atoms with Crippen molar-refractivity contribution in [1.29, 1.82) is 5.41 Å². The van der Waals surface area contributed by atoms with Crippen LogP contribution < -0.4 is 5.32 Å². The molecule has 39 heavy (non-hydrogen) atoms. The van der Waals surface area contributed by atoms with Crippen LogP contribution in [0.2, 0.25) is 0 Å². The summed E-state index contributed by atoms with van der Waals surface area (Å²) in [7, 11) is -1.24. The lowest BCUT2D eigenvalue weighted by Gasteiger charge is -2.50. The Kier molecular flexibility index (Phi) is 7.99. The molecule has 0 aromatic heterocycles. The molecular weight excluding hydrogens is 505 g/mol. The van der Waals surface area contributed by atoms with Crippen LogP contribution in [-0.2, 0) is 22.8 Å².